The van der Waals surface area contributed by atoms with Crippen LogP contribution < -0.4 is 17.0 Å². The van der Waals surface area contributed by atoms with Crippen LogP contribution in [0.4, 0.5) is 0 Å². The molecule has 1 saturated carbocycles. The average molecular weight is 487 g/mol. The fourth-order valence-corrected chi connectivity index (χ4v) is 6.60. The Labute approximate surface area is 201 Å². The van der Waals surface area contributed by atoms with E-state index >= 15 is 0 Å². The van der Waals surface area contributed by atoms with Crippen LogP contribution in [0.2, 0.25) is 0 Å². The van der Waals surface area contributed by atoms with Gasteiger partial charge in [-0.1, -0.05) is 90.4 Å². The summed E-state index contributed by atoms with van der Waals surface area (Å²) in [4.78, 5) is 0. The molecule has 0 aromatic carbocycles. The van der Waals surface area contributed by atoms with Gasteiger partial charge in [0.2, 0.25) is 0 Å². The molecular weight excluding hydrogens is 430 g/mol. The molecule has 0 amide bonds. The highest BCUT2D eigenvalue weighted by molar-refractivity contribution is 4.84. The number of hydrogen-bond acceptors (Lipinski definition) is 0. The van der Waals surface area contributed by atoms with Crippen molar-refractivity contribution in [3.8, 4) is 0 Å². The molecule has 1 heterocycles. The van der Waals surface area contributed by atoms with E-state index in [0.29, 0.717) is 5.54 Å². The number of quaternary nitrogens is 1. The molecule has 0 radical (unpaired) electrons. The zero-order chi connectivity index (χ0) is 20.7. The lowest BCUT2D eigenvalue weighted by Crippen LogP contribution is -3.00. The van der Waals surface area contributed by atoms with Gasteiger partial charge in [-0.05, 0) is 44.9 Å². The summed E-state index contributed by atoms with van der Waals surface area (Å²) in [6, 6.07) is 0. The molecule has 2 fully saturated rings. The molecule has 2 heteroatoms. The largest absolute Gasteiger partial charge is 1.00 e. The number of unbranched alkanes of at least 4 members (excludes halogenated alkanes) is 7. The van der Waals surface area contributed by atoms with Crippen molar-refractivity contribution in [2.75, 3.05) is 20.1 Å². The second kappa shape index (κ2) is 17.0. The van der Waals surface area contributed by atoms with Gasteiger partial charge in [-0.2, -0.15) is 0 Å². The first-order valence-electron chi connectivity index (χ1n) is 14.1. The minimum Gasteiger partial charge on any atom is -1.00 e. The topological polar surface area (TPSA) is 0 Å². The minimum absolute atomic E-state index is 0. The predicted molar refractivity (Wildman–Crippen MR) is 131 cm³/mol. The van der Waals surface area contributed by atoms with Crippen LogP contribution in [0.25, 0.3) is 0 Å². The Morgan fingerprint density at radius 3 is 1.43 bits per heavy atom. The van der Waals surface area contributed by atoms with Crippen LogP contribution >= 0.6 is 0 Å². The van der Waals surface area contributed by atoms with Crippen LogP contribution in [0.15, 0.2) is 0 Å². The number of nitrogens with zero attached hydrogens (tertiary/aromatic N) is 1. The van der Waals surface area contributed by atoms with Gasteiger partial charge in [0.05, 0.1) is 25.7 Å². The summed E-state index contributed by atoms with van der Waals surface area (Å²) in [5.74, 6) is 0. The molecule has 0 aromatic heterocycles. The standard InChI is InChI=1S/C28H56N.BrH/c1-3-4-5-6-7-11-16-21-26-29(2)27-22-17-12-10-15-20-25-28(29)23-18-13-8-9-14-19-24-28;/h3-27H2,1-2H3;1H/q+1;/p-1. The predicted octanol–water partition coefficient (Wildman–Crippen LogP) is 6.20. The maximum absolute atomic E-state index is 2.71. The first kappa shape index (κ1) is 28.5. The summed E-state index contributed by atoms with van der Waals surface area (Å²) >= 11 is 0. The summed E-state index contributed by atoms with van der Waals surface area (Å²) < 4.78 is 1.43. The summed E-state index contributed by atoms with van der Waals surface area (Å²) in [5, 5.41) is 0. The number of rotatable bonds is 9. The Morgan fingerprint density at radius 2 is 0.933 bits per heavy atom. The van der Waals surface area contributed by atoms with E-state index in [2.05, 4.69) is 14.0 Å². The van der Waals surface area contributed by atoms with E-state index in [1.807, 2.05) is 0 Å². The third kappa shape index (κ3) is 9.93. The van der Waals surface area contributed by atoms with Crippen LogP contribution in [0.5, 0.6) is 0 Å². The quantitative estimate of drug-likeness (QED) is 0.269. The van der Waals surface area contributed by atoms with Gasteiger partial charge < -0.3 is 21.5 Å². The summed E-state index contributed by atoms with van der Waals surface area (Å²) in [5.41, 5.74) is 0.614. The van der Waals surface area contributed by atoms with E-state index in [-0.39, 0.29) is 17.0 Å². The van der Waals surface area contributed by atoms with Crippen molar-refractivity contribution in [1.29, 1.82) is 0 Å². The third-order valence-electron chi connectivity index (χ3n) is 8.73. The Hall–Kier alpha value is 0.440. The fourth-order valence-electron chi connectivity index (χ4n) is 6.60. The Kier molecular flexibility index (Phi) is 16.1. The molecule has 0 bridgehead atoms. The molecule has 1 nitrogen and oxygen atoms in total. The average Bonchev–Trinajstić information content (AvgIpc) is 2.84. The van der Waals surface area contributed by atoms with E-state index in [0.717, 1.165) is 0 Å². The summed E-state index contributed by atoms with van der Waals surface area (Å²) in [6.45, 7) is 5.26. The highest BCUT2D eigenvalue weighted by Crippen LogP contribution is 2.41. The molecule has 1 saturated heterocycles. The monoisotopic (exact) mass is 485 g/mol. The maximum Gasteiger partial charge on any atom is 0.0990 e. The molecule has 30 heavy (non-hydrogen) atoms. The van der Waals surface area contributed by atoms with Gasteiger partial charge in [0.25, 0.3) is 0 Å². The highest BCUT2D eigenvalue weighted by Gasteiger charge is 2.46. The molecule has 180 valence electrons. The van der Waals surface area contributed by atoms with Gasteiger partial charge in [0.15, 0.2) is 0 Å². The van der Waals surface area contributed by atoms with Crippen LogP contribution in [0, 0.1) is 0 Å². The van der Waals surface area contributed by atoms with Gasteiger partial charge in [-0.15, -0.1) is 0 Å². The van der Waals surface area contributed by atoms with Crippen molar-refractivity contribution in [3.63, 3.8) is 0 Å². The second-order valence-corrected chi connectivity index (χ2v) is 11.0. The second-order valence-electron chi connectivity index (χ2n) is 11.0. The van der Waals surface area contributed by atoms with Gasteiger partial charge in [-0.25, -0.2) is 0 Å². The van der Waals surface area contributed by atoms with E-state index in [9.17, 15) is 0 Å². The van der Waals surface area contributed by atoms with E-state index in [1.165, 1.54) is 165 Å². The van der Waals surface area contributed by atoms with E-state index in [4.69, 9.17) is 0 Å². The summed E-state index contributed by atoms with van der Waals surface area (Å²) in [7, 11) is 2.71. The Balaban J connectivity index is 0.00000450. The van der Waals surface area contributed by atoms with E-state index < -0.39 is 0 Å². The van der Waals surface area contributed by atoms with Crippen molar-refractivity contribution >= 4 is 0 Å². The van der Waals surface area contributed by atoms with Crippen LogP contribution in [0.3, 0.4) is 0 Å². The summed E-state index contributed by atoms with van der Waals surface area (Å²) in [6.07, 6.45) is 34.2. The fraction of sp³-hybridized carbons (Fsp3) is 1.00. The van der Waals surface area contributed by atoms with Crippen LogP contribution in [0.1, 0.15) is 155 Å². The molecule has 1 unspecified atom stereocenters. The van der Waals surface area contributed by atoms with Crippen molar-refractivity contribution in [1.82, 2.24) is 0 Å². The van der Waals surface area contributed by atoms with Gasteiger partial charge >= 0.3 is 0 Å². The normalized spacial score (nSPS) is 26.2. The minimum atomic E-state index is 0. The molecule has 1 spiro atoms. The Morgan fingerprint density at radius 1 is 0.533 bits per heavy atom. The molecular formula is C28H56BrN. The van der Waals surface area contributed by atoms with Crippen molar-refractivity contribution in [3.05, 3.63) is 0 Å². The highest BCUT2D eigenvalue weighted by atomic mass is 79.9. The van der Waals surface area contributed by atoms with Crippen LogP contribution in [-0.2, 0) is 0 Å². The molecule has 2 rings (SSSR count). The number of halogens is 1. The molecule has 0 N–H and O–H groups in total. The molecule has 1 atom stereocenters. The SMILES string of the molecule is CCCCCCCCCC[N+]1(C)CCCCCCCCC12CCCCCCCC2.[Br-]. The van der Waals surface area contributed by atoms with Crippen LogP contribution in [-0.4, -0.2) is 30.2 Å². The molecule has 1 aliphatic heterocycles. The lowest BCUT2D eigenvalue weighted by atomic mass is 9.78. The maximum atomic E-state index is 2.71. The smallest absolute Gasteiger partial charge is 0.0990 e. The molecule has 2 aliphatic rings. The van der Waals surface area contributed by atoms with Crippen molar-refractivity contribution in [2.24, 2.45) is 0 Å². The van der Waals surface area contributed by atoms with Gasteiger partial charge in [-0.3, -0.25) is 0 Å². The van der Waals surface area contributed by atoms with Crippen molar-refractivity contribution < 1.29 is 21.5 Å². The van der Waals surface area contributed by atoms with E-state index in [1.54, 1.807) is 0 Å². The molecule has 1 aliphatic carbocycles. The Bertz CT molecular complexity index is 386. The lowest BCUT2D eigenvalue weighted by Gasteiger charge is -2.53. The first-order valence-corrected chi connectivity index (χ1v) is 14.1. The zero-order valence-electron chi connectivity index (χ0n) is 21.0. The zero-order valence-corrected chi connectivity index (χ0v) is 22.6. The van der Waals surface area contributed by atoms with Gasteiger partial charge in [0.1, 0.15) is 0 Å². The van der Waals surface area contributed by atoms with Gasteiger partial charge in [0, 0.05) is 19.3 Å². The third-order valence-corrected chi connectivity index (χ3v) is 8.73. The lowest BCUT2D eigenvalue weighted by molar-refractivity contribution is -0.961. The molecule has 0 aromatic rings. The number of hydrogen-bond donors (Lipinski definition) is 0. The first-order chi connectivity index (χ1) is 14.2. The van der Waals surface area contributed by atoms with Crippen molar-refractivity contribution in [2.45, 2.75) is 160 Å².